The predicted octanol–water partition coefficient (Wildman–Crippen LogP) is 4.15. The number of amides is 1. The molecule has 1 heterocycles. The van der Waals surface area contributed by atoms with Gasteiger partial charge in [0.05, 0.1) is 11.5 Å². The Hall–Kier alpha value is -0.250. The molecule has 1 amide bonds. The van der Waals surface area contributed by atoms with Gasteiger partial charge in [-0.3, -0.25) is 4.79 Å². The van der Waals surface area contributed by atoms with E-state index in [1.54, 1.807) is 11.3 Å². The topological polar surface area (TPSA) is 29.1 Å². The van der Waals surface area contributed by atoms with Crippen molar-refractivity contribution in [1.82, 2.24) is 5.32 Å². The van der Waals surface area contributed by atoms with E-state index in [1.807, 2.05) is 24.4 Å². The van der Waals surface area contributed by atoms with Gasteiger partial charge in [0.2, 0.25) is 5.91 Å². The minimum absolute atomic E-state index is 0.0269. The lowest BCUT2D eigenvalue weighted by Crippen LogP contribution is -2.37. The van der Waals surface area contributed by atoms with E-state index in [1.165, 1.54) is 0 Å². The van der Waals surface area contributed by atoms with Crippen molar-refractivity contribution in [1.29, 1.82) is 0 Å². The third-order valence-corrected chi connectivity index (χ3v) is 5.62. The summed E-state index contributed by atoms with van der Waals surface area (Å²) >= 11 is 13.7. The molecule has 1 fully saturated rings. The highest BCUT2D eigenvalue weighted by molar-refractivity contribution is 7.10. The lowest BCUT2D eigenvalue weighted by Gasteiger charge is -2.23. The summed E-state index contributed by atoms with van der Waals surface area (Å²) < 4.78 is -0.909. The standard InChI is InChI=1S/C13H17Cl2NOS/c1-8(2)10(9-5-4-6-18-9)16-11(17)12(3)7-13(12,14)15/h4-6,8,10H,7H2,1-3H3,(H,16,17)/t10-,12-/m1/s1. The number of thiophene rings is 1. The highest BCUT2D eigenvalue weighted by atomic mass is 35.5. The minimum Gasteiger partial charge on any atom is -0.348 e. The van der Waals surface area contributed by atoms with Crippen molar-refractivity contribution in [3.63, 3.8) is 0 Å². The van der Waals surface area contributed by atoms with E-state index in [9.17, 15) is 4.79 Å². The molecular weight excluding hydrogens is 289 g/mol. The molecule has 1 aromatic heterocycles. The maximum atomic E-state index is 12.3. The van der Waals surface area contributed by atoms with Gasteiger partial charge in [0.15, 0.2) is 0 Å². The number of hydrogen-bond acceptors (Lipinski definition) is 2. The Bertz CT molecular complexity index is 444. The average molecular weight is 306 g/mol. The third kappa shape index (κ3) is 2.40. The number of carbonyl (C=O) groups is 1. The van der Waals surface area contributed by atoms with Crippen LogP contribution < -0.4 is 5.32 Å². The molecule has 0 saturated heterocycles. The van der Waals surface area contributed by atoms with Crippen molar-refractivity contribution >= 4 is 40.4 Å². The van der Waals surface area contributed by atoms with Crippen molar-refractivity contribution in [3.8, 4) is 0 Å². The number of alkyl halides is 2. The molecule has 1 aliphatic rings. The average Bonchev–Trinajstić information content (AvgIpc) is 2.71. The van der Waals surface area contributed by atoms with Crippen LogP contribution in [0.3, 0.4) is 0 Å². The fourth-order valence-corrected chi connectivity index (χ4v) is 3.64. The van der Waals surface area contributed by atoms with Crippen molar-refractivity contribution < 1.29 is 4.79 Å². The van der Waals surface area contributed by atoms with E-state index in [0.717, 1.165) is 4.88 Å². The number of nitrogens with one attached hydrogen (secondary N) is 1. The Morgan fingerprint density at radius 2 is 2.11 bits per heavy atom. The summed E-state index contributed by atoms with van der Waals surface area (Å²) in [4.78, 5) is 13.4. The van der Waals surface area contributed by atoms with E-state index in [2.05, 4.69) is 19.2 Å². The largest absolute Gasteiger partial charge is 0.348 e. The molecule has 0 aromatic carbocycles. The van der Waals surface area contributed by atoms with Crippen LogP contribution in [0, 0.1) is 11.3 Å². The molecule has 2 rings (SSSR count). The Kier molecular flexibility index (Phi) is 3.69. The normalized spacial score (nSPS) is 27.0. The van der Waals surface area contributed by atoms with Gasteiger partial charge in [-0.05, 0) is 30.7 Å². The lowest BCUT2D eigenvalue weighted by molar-refractivity contribution is -0.126. The summed E-state index contributed by atoms with van der Waals surface area (Å²) in [6, 6.07) is 4.06. The lowest BCUT2D eigenvalue weighted by atomic mass is 10.0. The number of hydrogen-bond donors (Lipinski definition) is 1. The fraction of sp³-hybridized carbons (Fsp3) is 0.615. The van der Waals surface area contributed by atoms with Crippen LogP contribution in [0.25, 0.3) is 0 Å². The first-order valence-corrected chi connectivity index (χ1v) is 7.64. The van der Waals surface area contributed by atoms with E-state index in [4.69, 9.17) is 23.2 Å². The molecule has 100 valence electrons. The number of rotatable bonds is 4. The van der Waals surface area contributed by atoms with Gasteiger partial charge in [-0.25, -0.2) is 0 Å². The van der Waals surface area contributed by atoms with E-state index in [0.29, 0.717) is 12.3 Å². The van der Waals surface area contributed by atoms with Gasteiger partial charge >= 0.3 is 0 Å². The number of carbonyl (C=O) groups excluding carboxylic acids is 1. The quantitative estimate of drug-likeness (QED) is 0.832. The van der Waals surface area contributed by atoms with Gasteiger partial charge in [-0.15, -0.1) is 34.5 Å². The smallest absolute Gasteiger partial charge is 0.229 e. The Labute approximate surface area is 122 Å². The highest BCUT2D eigenvalue weighted by Gasteiger charge is 2.68. The monoisotopic (exact) mass is 305 g/mol. The summed E-state index contributed by atoms with van der Waals surface area (Å²) in [5.74, 6) is 0.273. The zero-order valence-corrected chi connectivity index (χ0v) is 13.0. The summed E-state index contributed by atoms with van der Waals surface area (Å²) in [6.45, 7) is 6.00. The molecule has 1 N–H and O–H groups in total. The van der Waals surface area contributed by atoms with Crippen molar-refractivity contribution in [2.24, 2.45) is 11.3 Å². The van der Waals surface area contributed by atoms with Crippen molar-refractivity contribution in [3.05, 3.63) is 22.4 Å². The molecule has 0 aliphatic heterocycles. The minimum atomic E-state index is -0.909. The van der Waals surface area contributed by atoms with Crippen LogP contribution in [0.2, 0.25) is 0 Å². The molecule has 0 bridgehead atoms. The fourth-order valence-electron chi connectivity index (χ4n) is 1.98. The molecule has 18 heavy (non-hydrogen) atoms. The first kappa shape index (κ1) is 14.2. The zero-order valence-electron chi connectivity index (χ0n) is 10.7. The Morgan fingerprint density at radius 1 is 1.50 bits per heavy atom. The first-order valence-electron chi connectivity index (χ1n) is 6.00. The van der Waals surface area contributed by atoms with Gasteiger partial charge in [0.25, 0.3) is 0 Å². The van der Waals surface area contributed by atoms with Crippen molar-refractivity contribution in [2.45, 2.75) is 37.6 Å². The van der Waals surface area contributed by atoms with E-state index < -0.39 is 9.75 Å². The molecule has 0 spiro atoms. The SMILES string of the molecule is CC(C)[C@@H](NC(=O)[C@@]1(C)CC1(Cl)Cl)c1cccs1. The Balaban J connectivity index is 2.10. The molecule has 1 aliphatic carbocycles. The maximum absolute atomic E-state index is 12.3. The summed E-state index contributed by atoms with van der Waals surface area (Å²) in [6.07, 6.45) is 0.518. The zero-order chi connectivity index (χ0) is 13.6. The molecule has 1 saturated carbocycles. The maximum Gasteiger partial charge on any atom is 0.229 e. The summed E-state index contributed by atoms with van der Waals surface area (Å²) in [5.41, 5.74) is -0.652. The third-order valence-electron chi connectivity index (χ3n) is 3.56. The van der Waals surface area contributed by atoms with E-state index in [-0.39, 0.29) is 11.9 Å². The van der Waals surface area contributed by atoms with Crippen LogP contribution in [0.1, 0.15) is 38.1 Å². The molecule has 0 radical (unpaired) electrons. The van der Waals surface area contributed by atoms with Crippen LogP contribution in [0.5, 0.6) is 0 Å². The molecule has 0 unspecified atom stereocenters. The second kappa shape index (κ2) is 4.69. The molecule has 2 nitrogen and oxygen atoms in total. The summed E-state index contributed by atoms with van der Waals surface area (Å²) in [7, 11) is 0. The van der Waals surface area contributed by atoms with Gasteiger partial charge < -0.3 is 5.32 Å². The van der Waals surface area contributed by atoms with E-state index >= 15 is 0 Å². The van der Waals surface area contributed by atoms with Crippen LogP contribution in [-0.4, -0.2) is 10.2 Å². The van der Waals surface area contributed by atoms with Crippen LogP contribution in [-0.2, 0) is 4.79 Å². The van der Waals surface area contributed by atoms with Gasteiger partial charge in [0, 0.05) is 4.88 Å². The van der Waals surface area contributed by atoms with Crippen LogP contribution >= 0.6 is 34.5 Å². The van der Waals surface area contributed by atoms with Crippen LogP contribution in [0.15, 0.2) is 17.5 Å². The van der Waals surface area contributed by atoms with Gasteiger partial charge in [0.1, 0.15) is 4.33 Å². The van der Waals surface area contributed by atoms with Gasteiger partial charge in [-0.2, -0.15) is 0 Å². The van der Waals surface area contributed by atoms with Crippen LogP contribution in [0.4, 0.5) is 0 Å². The molecule has 2 atom stereocenters. The van der Waals surface area contributed by atoms with Crippen molar-refractivity contribution in [2.75, 3.05) is 0 Å². The molecule has 5 heteroatoms. The first-order chi connectivity index (χ1) is 8.28. The predicted molar refractivity (Wildman–Crippen MR) is 77.2 cm³/mol. The summed E-state index contributed by atoms with van der Waals surface area (Å²) in [5, 5.41) is 5.10. The highest BCUT2D eigenvalue weighted by Crippen LogP contribution is 2.64. The Morgan fingerprint density at radius 3 is 2.50 bits per heavy atom. The second-order valence-electron chi connectivity index (χ2n) is 5.42. The molecular formula is C13H17Cl2NOS. The van der Waals surface area contributed by atoms with Gasteiger partial charge in [-0.1, -0.05) is 19.9 Å². The number of halogens is 2. The molecule has 1 aromatic rings. The second-order valence-corrected chi connectivity index (χ2v) is 7.89.